The van der Waals surface area contributed by atoms with E-state index in [9.17, 15) is 4.79 Å². The lowest BCUT2D eigenvalue weighted by molar-refractivity contribution is 0.104. The maximum Gasteiger partial charge on any atom is 0.203 e. The zero-order valence-electron chi connectivity index (χ0n) is 12.7. The zero-order valence-corrected chi connectivity index (χ0v) is 13.5. The highest BCUT2D eigenvalue weighted by atomic mass is 32.1. The van der Waals surface area contributed by atoms with Gasteiger partial charge in [0, 0.05) is 5.56 Å². The average molecular weight is 286 g/mol. The normalized spacial score (nSPS) is 11.6. The second-order valence-corrected chi connectivity index (χ2v) is 6.69. The van der Waals surface area contributed by atoms with Crippen molar-refractivity contribution in [3.63, 3.8) is 0 Å². The van der Waals surface area contributed by atoms with Gasteiger partial charge in [0.25, 0.3) is 0 Å². The number of benzene rings is 1. The Labute approximate surface area is 125 Å². The largest absolute Gasteiger partial charge is 0.288 e. The van der Waals surface area contributed by atoms with Gasteiger partial charge in [0.1, 0.15) is 0 Å². The van der Waals surface area contributed by atoms with Gasteiger partial charge in [-0.15, -0.1) is 11.3 Å². The minimum absolute atomic E-state index is 0.151. The quantitative estimate of drug-likeness (QED) is 0.688. The summed E-state index contributed by atoms with van der Waals surface area (Å²) in [7, 11) is 0. The number of ketones is 1. The minimum atomic E-state index is 0.151. The van der Waals surface area contributed by atoms with Crippen molar-refractivity contribution in [2.75, 3.05) is 0 Å². The molecule has 20 heavy (non-hydrogen) atoms. The summed E-state index contributed by atoms with van der Waals surface area (Å²) in [4.78, 5) is 13.4. The van der Waals surface area contributed by atoms with E-state index in [1.807, 2.05) is 23.6 Å². The molecule has 0 unspecified atom stereocenters. The van der Waals surface area contributed by atoms with Crippen molar-refractivity contribution in [1.82, 2.24) is 0 Å². The molecule has 0 saturated carbocycles. The van der Waals surface area contributed by atoms with Crippen molar-refractivity contribution in [3.8, 4) is 0 Å². The first-order chi connectivity index (χ1) is 9.49. The molecule has 0 atom stereocenters. The molecule has 2 aromatic rings. The molecule has 1 nitrogen and oxygen atoms in total. The molecule has 1 aromatic carbocycles. The van der Waals surface area contributed by atoms with Gasteiger partial charge < -0.3 is 0 Å². The molecule has 0 aliphatic carbocycles. The lowest BCUT2D eigenvalue weighted by atomic mass is 9.82. The molecule has 0 N–H and O–H groups in total. The number of rotatable bonds is 5. The highest BCUT2D eigenvalue weighted by molar-refractivity contribution is 7.12. The predicted octanol–water partition coefficient (Wildman–Crippen LogP) is 5.23. The highest BCUT2D eigenvalue weighted by Gasteiger charge is 2.19. The SMILES string of the molecule is CCc1ccsc1C(=O)c1ccc(C(C)(C)CC)cc1. The zero-order chi connectivity index (χ0) is 14.8. The molecule has 2 heteroatoms. The number of hydrogen-bond donors (Lipinski definition) is 0. The highest BCUT2D eigenvalue weighted by Crippen LogP contribution is 2.28. The van der Waals surface area contributed by atoms with Gasteiger partial charge in [0.15, 0.2) is 0 Å². The molecule has 0 aliphatic rings. The van der Waals surface area contributed by atoms with Crippen LogP contribution in [0.5, 0.6) is 0 Å². The van der Waals surface area contributed by atoms with Crippen LogP contribution in [0.2, 0.25) is 0 Å². The third kappa shape index (κ3) is 2.85. The van der Waals surface area contributed by atoms with Crippen molar-refractivity contribution in [2.45, 2.75) is 46.0 Å². The molecule has 0 saturated heterocycles. The van der Waals surface area contributed by atoms with Crippen LogP contribution in [0.15, 0.2) is 35.7 Å². The van der Waals surface area contributed by atoms with E-state index >= 15 is 0 Å². The van der Waals surface area contributed by atoms with Crippen molar-refractivity contribution in [1.29, 1.82) is 0 Å². The minimum Gasteiger partial charge on any atom is -0.288 e. The van der Waals surface area contributed by atoms with Gasteiger partial charge in [-0.25, -0.2) is 0 Å². The van der Waals surface area contributed by atoms with Crippen LogP contribution in [0.25, 0.3) is 0 Å². The predicted molar refractivity (Wildman–Crippen MR) is 86.9 cm³/mol. The van der Waals surface area contributed by atoms with Crippen LogP contribution < -0.4 is 0 Å². The first-order valence-electron chi connectivity index (χ1n) is 7.21. The Morgan fingerprint density at radius 3 is 2.30 bits per heavy atom. The summed E-state index contributed by atoms with van der Waals surface area (Å²) in [5.74, 6) is 0.151. The molecule has 1 aromatic heterocycles. The first kappa shape index (κ1) is 15.0. The standard InChI is InChI=1S/C18H22OS/c1-5-13-11-12-20-17(13)16(19)14-7-9-15(10-8-14)18(3,4)6-2/h7-12H,5-6H2,1-4H3. The first-order valence-corrected chi connectivity index (χ1v) is 8.09. The Kier molecular flexibility index (Phi) is 4.44. The molecular weight excluding hydrogens is 264 g/mol. The van der Waals surface area contributed by atoms with E-state index < -0.39 is 0 Å². The molecule has 2 rings (SSSR count). The van der Waals surface area contributed by atoms with E-state index in [0.717, 1.165) is 28.8 Å². The van der Waals surface area contributed by atoms with Crippen molar-refractivity contribution in [3.05, 3.63) is 57.3 Å². The van der Waals surface area contributed by atoms with Gasteiger partial charge in [-0.3, -0.25) is 4.79 Å². The van der Waals surface area contributed by atoms with E-state index in [0.29, 0.717) is 0 Å². The Morgan fingerprint density at radius 2 is 1.75 bits per heavy atom. The van der Waals surface area contributed by atoms with Gasteiger partial charge in [-0.05, 0) is 40.8 Å². The van der Waals surface area contributed by atoms with Gasteiger partial charge in [0.05, 0.1) is 4.88 Å². The average Bonchev–Trinajstić information content (AvgIpc) is 2.95. The summed E-state index contributed by atoms with van der Waals surface area (Å²) >= 11 is 1.54. The number of hydrogen-bond acceptors (Lipinski definition) is 2. The van der Waals surface area contributed by atoms with Crippen LogP contribution in [0.1, 0.15) is 60.5 Å². The van der Waals surface area contributed by atoms with Crippen LogP contribution in [0.4, 0.5) is 0 Å². The van der Waals surface area contributed by atoms with E-state index in [4.69, 9.17) is 0 Å². The number of carbonyl (C=O) groups is 1. The summed E-state index contributed by atoms with van der Waals surface area (Å²) in [5, 5.41) is 2.00. The fourth-order valence-electron chi connectivity index (χ4n) is 2.22. The van der Waals surface area contributed by atoms with Gasteiger partial charge >= 0.3 is 0 Å². The molecular formula is C18H22OS. The van der Waals surface area contributed by atoms with Crippen LogP contribution in [-0.4, -0.2) is 5.78 Å². The Bertz CT molecular complexity index is 590. The molecule has 0 radical (unpaired) electrons. The molecule has 0 amide bonds. The summed E-state index contributed by atoms with van der Waals surface area (Å²) in [6, 6.07) is 10.2. The molecule has 1 heterocycles. The third-order valence-electron chi connectivity index (χ3n) is 4.15. The van der Waals surface area contributed by atoms with Crippen molar-refractivity contribution in [2.24, 2.45) is 0 Å². The molecule has 106 valence electrons. The van der Waals surface area contributed by atoms with Crippen LogP contribution in [0, 0.1) is 0 Å². The van der Waals surface area contributed by atoms with Crippen LogP contribution in [0.3, 0.4) is 0 Å². The second kappa shape index (κ2) is 5.92. The Balaban J connectivity index is 2.29. The molecule has 0 aliphatic heterocycles. The maximum atomic E-state index is 12.5. The molecule has 0 spiro atoms. The summed E-state index contributed by atoms with van der Waals surface area (Å²) < 4.78 is 0. The fourth-order valence-corrected chi connectivity index (χ4v) is 3.18. The number of thiophene rings is 1. The Hall–Kier alpha value is -1.41. The fraction of sp³-hybridized carbons (Fsp3) is 0.389. The van der Waals surface area contributed by atoms with E-state index in [1.165, 1.54) is 5.56 Å². The molecule has 0 fully saturated rings. The molecule has 0 bridgehead atoms. The van der Waals surface area contributed by atoms with E-state index in [1.54, 1.807) is 11.3 Å². The van der Waals surface area contributed by atoms with Gasteiger partial charge in [-0.2, -0.15) is 0 Å². The maximum absolute atomic E-state index is 12.5. The van der Waals surface area contributed by atoms with Gasteiger partial charge in [-0.1, -0.05) is 52.0 Å². The lowest BCUT2D eigenvalue weighted by Gasteiger charge is -2.23. The number of aryl methyl sites for hydroxylation is 1. The summed E-state index contributed by atoms with van der Waals surface area (Å²) in [6.45, 7) is 8.75. The smallest absolute Gasteiger partial charge is 0.203 e. The topological polar surface area (TPSA) is 17.1 Å². The monoisotopic (exact) mass is 286 g/mol. The van der Waals surface area contributed by atoms with Gasteiger partial charge in [0.2, 0.25) is 5.78 Å². The van der Waals surface area contributed by atoms with E-state index in [2.05, 4.69) is 39.8 Å². The third-order valence-corrected chi connectivity index (χ3v) is 5.10. The van der Waals surface area contributed by atoms with E-state index in [-0.39, 0.29) is 11.2 Å². The van der Waals surface area contributed by atoms with Crippen LogP contribution >= 0.6 is 11.3 Å². The Morgan fingerprint density at radius 1 is 1.10 bits per heavy atom. The summed E-state index contributed by atoms with van der Waals surface area (Å²) in [6.07, 6.45) is 2.00. The lowest BCUT2D eigenvalue weighted by Crippen LogP contribution is -2.15. The van der Waals surface area contributed by atoms with Crippen LogP contribution in [-0.2, 0) is 11.8 Å². The number of carbonyl (C=O) groups excluding carboxylic acids is 1. The second-order valence-electron chi connectivity index (χ2n) is 5.77. The van der Waals surface area contributed by atoms with Crippen molar-refractivity contribution < 1.29 is 4.79 Å². The van der Waals surface area contributed by atoms with Crippen molar-refractivity contribution >= 4 is 17.1 Å². The summed E-state index contributed by atoms with van der Waals surface area (Å²) in [5.41, 5.74) is 3.40.